The molecule has 1 aromatic heterocycles. The van der Waals surface area contributed by atoms with E-state index in [4.69, 9.17) is 4.74 Å². The number of aryl methyl sites for hydroxylation is 2. The third-order valence-electron chi connectivity index (χ3n) is 2.68. The summed E-state index contributed by atoms with van der Waals surface area (Å²) >= 11 is 1.76. The minimum absolute atomic E-state index is 0.169. The Balaban J connectivity index is 3.01. The number of nitrogens with one attached hydrogen (secondary N) is 1. The van der Waals surface area contributed by atoms with Crippen molar-refractivity contribution in [3.63, 3.8) is 0 Å². The molecular weight excluding hydrogens is 208 g/mol. The summed E-state index contributed by atoms with van der Waals surface area (Å²) in [6.45, 7) is 7.02. The first-order valence-electron chi connectivity index (χ1n) is 5.22. The van der Waals surface area contributed by atoms with E-state index in [-0.39, 0.29) is 5.54 Å². The summed E-state index contributed by atoms with van der Waals surface area (Å²) in [5, 5.41) is 4.40. The smallest absolute Gasteiger partial charge is 0.115 e. The van der Waals surface area contributed by atoms with E-state index in [1.54, 1.807) is 18.4 Å². The van der Waals surface area contributed by atoms with Crippen LogP contribution >= 0.6 is 11.3 Å². The molecule has 0 fully saturated rings. The zero-order valence-electron chi connectivity index (χ0n) is 10.2. The fourth-order valence-electron chi connectivity index (χ4n) is 1.52. The van der Waals surface area contributed by atoms with Crippen molar-refractivity contribution in [1.82, 2.24) is 10.3 Å². The van der Waals surface area contributed by atoms with Gasteiger partial charge in [0.2, 0.25) is 0 Å². The van der Waals surface area contributed by atoms with Gasteiger partial charge in [-0.1, -0.05) is 6.92 Å². The van der Waals surface area contributed by atoms with Gasteiger partial charge in [0.1, 0.15) is 5.01 Å². The number of hydrogen-bond donors (Lipinski definition) is 1. The summed E-state index contributed by atoms with van der Waals surface area (Å²) < 4.78 is 5.24. The monoisotopic (exact) mass is 228 g/mol. The van der Waals surface area contributed by atoms with Crippen molar-refractivity contribution in [2.24, 2.45) is 0 Å². The highest BCUT2D eigenvalue weighted by molar-refractivity contribution is 7.11. The molecule has 0 aromatic carbocycles. The Labute approximate surface area is 95.9 Å². The first kappa shape index (κ1) is 12.6. The van der Waals surface area contributed by atoms with E-state index in [1.807, 2.05) is 7.05 Å². The molecule has 1 unspecified atom stereocenters. The van der Waals surface area contributed by atoms with Crippen LogP contribution in [0.3, 0.4) is 0 Å². The molecule has 0 bridgehead atoms. The molecule has 0 aliphatic heterocycles. The highest BCUT2D eigenvalue weighted by Crippen LogP contribution is 2.28. The van der Waals surface area contributed by atoms with Crippen molar-refractivity contribution in [3.8, 4) is 0 Å². The molecule has 0 saturated carbocycles. The van der Waals surface area contributed by atoms with Gasteiger partial charge in [0, 0.05) is 12.0 Å². The lowest BCUT2D eigenvalue weighted by Gasteiger charge is -2.25. The van der Waals surface area contributed by atoms with Crippen molar-refractivity contribution >= 4 is 11.3 Å². The highest BCUT2D eigenvalue weighted by atomic mass is 32.1. The molecule has 0 aliphatic rings. The van der Waals surface area contributed by atoms with Gasteiger partial charge in [-0.15, -0.1) is 11.3 Å². The summed E-state index contributed by atoms with van der Waals surface area (Å²) in [7, 11) is 3.66. The van der Waals surface area contributed by atoms with Gasteiger partial charge in [-0.2, -0.15) is 0 Å². The summed E-state index contributed by atoms with van der Waals surface area (Å²) in [6, 6.07) is 0. The lowest BCUT2D eigenvalue weighted by atomic mass is 10.1. The molecule has 1 N–H and O–H groups in total. The molecule has 0 amide bonds. The largest absolute Gasteiger partial charge is 0.382 e. The molecule has 1 heterocycles. The summed E-state index contributed by atoms with van der Waals surface area (Å²) in [5.41, 5.74) is 1.03. The van der Waals surface area contributed by atoms with Crippen LogP contribution in [0.1, 0.15) is 29.4 Å². The van der Waals surface area contributed by atoms with Crippen LogP contribution in [-0.4, -0.2) is 25.7 Å². The third-order valence-corrected chi connectivity index (χ3v) is 3.96. The second kappa shape index (κ2) is 5.05. The highest BCUT2D eigenvalue weighted by Gasteiger charge is 2.28. The minimum atomic E-state index is -0.169. The quantitative estimate of drug-likeness (QED) is 0.838. The first-order chi connectivity index (χ1) is 7.07. The van der Waals surface area contributed by atoms with Crippen LogP contribution in [0.2, 0.25) is 0 Å². The van der Waals surface area contributed by atoms with Crippen molar-refractivity contribution in [2.75, 3.05) is 20.8 Å². The van der Waals surface area contributed by atoms with Crippen LogP contribution in [-0.2, 0) is 16.7 Å². The number of aromatic nitrogens is 1. The Morgan fingerprint density at radius 3 is 2.60 bits per heavy atom. The normalized spacial score (nSPS) is 15.3. The van der Waals surface area contributed by atoms with Gasteiger partial charge in [0.05, 0.1) is 17.8 Å². The Morgan fingerprint density at radius 2 is 2.20 bits per heavy atom. The van der Waals surface area contributed by atoms with Crippen LogP contribution in [0, 0.1) is 6.92 Å². The third kappa shape index (κ3) is 2.56. The lowest BCUT2D eigenvalue weighted by Crippen LogP contribution is -2.41. The summed E-state index contributed by atoms with van der Waals surface area (Å²) in [6.07, 6.45) is 0.995. The summed E-state index contributed by atoms with van der Waals surface area (Å²) in [5.74, 6) is 0. The zero-order chi connectivity index (χ0) is 11.5. The van der Waals surface area contributed by atoms with Gasteiger partial charge in [-0.25, -0.2) is 4.98 Å². The van der Waals surface area contributed by atoms with Gasteiger partial charge in [-0.3, -0.25) is 0 Å². The SMILES string of the molecule is CCc1nc(C(C)(COC)NC)sc1C. The average molecular weight is 228 g/mol. The second-order valence-electron chi connectivity index (χ2n) is 3.89. The van der Waals surface area contributed by atoms with Crippen molar-refractivity contribution < 1.29 is 4.74 Å². The molecule has 1 atom stereocenters. The number of rotatable bonds is 5. The number of likely N-dealkylation sites (N-methyl/N-ethyl adjacent to an activating group) is 1. The molecule has 3 nitrogen and oxygen atoms in total. The standard InChI is InChI=1S/C11H20N2OS/c1-6-9-8(2)15-10(13-9)11(3,12-4)7-14-5/h12H,6-7H2,1-5H3. The molecule has 4 heteroatoms. The molecule has 1 rings (SSSR count). The maximum atomic E-state index is 5.24. The number of methoxy groups -OCH3 is 1. The van der Waals surface area contributed by atoms with Gasteiger partial charge >= 0.3 is 0 Å². The van der Waals surface area contributed by atoms with E-state index in [0.29, 0.717) is 6.61 Å². The zero-order valence-corrected chi connectivity index (χ0v) is 11.0. The van der Waals surface area contributed by atoms with Crippen molar-refractivity contribution in [2.45, 2.75) is 32.7 Å². The van der Waals surface area contributed by atoms with E-state index in [0.717, 1.165) is 11.4 Å². The first-order valence-corrected chi connectivity index (χ1v) is 6.03. The maximum Gasteiger partial charge on any atom is 0.115 e. The Bertz CT molecular complexity index is 324. The summed E-state index contributed by atoms with van der Waals surface area (Å²) in [4.78, 5) is 5.98. The predicted octanol–water partition coefficient (Wildman–Crippen LogP) is 2.09. The number of hydrogen-bond acceptors (Lipinski definition) is 4. The second-order valence-corrected chi connectivity index (χ2v) is 5.09. The van der Waals surface area contributed by atoms with Crippen LogP contribution in [0.25, 0.3) is 0 Å². The van der Waals surface area contributed by atoms with Crippen LogP contribution in [0.4, 0.5) is 0 Å². The number of thiazole rings is 1. The minimum Gasteiger partial charge on any atom is -0.382 e. The lowest BCUT2D eigenvalue weighted by molar-refractivity contribution is 0.123. The van der Waals surface area contributed by atoms with E-state index in [1.165, 1.54) is 10.6 Å². The van der Waals surface area contributed by atoms with Crippen molar-refractivity contribution in [1.29, 1.82) is 0 Å². The Hall–Kier alpha value is -0.450. The van der Waals surface area contributed by atoms with E-state index in [2.05, 4.69) is 31.1 Å². The Kier molecular flexibility index (Phi) is 4.25. The van der Waals surface area contributed by atoms with Gasteiger partial charge in [0.15, 0.2) is 0 Å². The maximum absolute atomic E-state index is 5.24. The van der Waals surface area contributed by atoms with E-state index in [9.17, 15) is 0 Å². The molecule has 15 heavy (non-hydrogen) atoms. The topological polar surface area (TPSA) is 34.1 Å². The van der Waals surface area contributed by atoms with Gasteiger partial charge in [0.25, 0.3) is 0 Å². The molecular formula is C11H20N2OS. The predicted molar refractivity (Wildman–Crippen MR) is 64.5 cm³/mol. The number of ether oxygens (including phenoxy) is 1. The average Bonchev–Trinajstić information content (AvgIpc) is 2.60. The van der Waals surface area contributed by atoms with Crippen molar-refractivity contribution in [3.05, 3.63) is 15.6 Å². The van der Waals surface area contributed by atoms with Crippen LogP contribution in [0.5, 0.6) is 0 Å². The van der Waals surface area contributed by atoms with E-state index < -0.39 is 0 Å². The fraction of sp³-hybridized carbons (Fsp3) is 0.727. The molecule has 1 aromatic rings. The fourth-order valence-corrected chi connectivity index (χ4v) is 2.66. The molecule has 0 spiro atoms. The molecule has 0 radical (unpaired) electrons. The molecule has 86 valence electrons. The van der Waals surface area contributed by atoms with Gasteiger partial charge < -0.3 is 10.1 Å². The van der Waals surface area contributed by atoms with Crippen LogP contribution in [0.15, 0.2) is 0 Å². The van der Waals surface area contributed by atoms with Gasteiger partial charge in [-0.05, 0) is 27.3 Å². The van der Waals surface area contributed by atoms with E-state index >= 15 is 0 Å². The number of nitrogens with zero attached hydrogens (tertiary/aromatic N) is 1. The molecule has 0 aliphatic carbocycles. The Morgan fingerprint density at radius 1 is 1.53 bits per heavy atom. The molecule has 0 saturated heterocycles. The van der Waals surface area contributed by atoms with Crippen LogP contribution < -0.4 is 5.32 Å².